The number of para-hydroxylation sites is 2. The van der Waals surface area contributed by atoms with Crippen molar-refractivity contribution in [1.82, 2.24) is 14.5 Å². The quantitative estimate of drug-likeness (QED) is 0.191. The normalized spacial score (nSPS) is 18.2. The molecule has 1 aliphatic heterocycles. The summed E-state index contributed by atoms with van der Waals surface area (Å²) >= 11 is 0. The molecule has 8 nitrogen and oxygen atoms in total. The number of nitrogens with zero attached hydrogens (tertiary/aromatic N) is 3. The first-order chi connectivity index (χ1) is 21.4. The first-order valence-electron chi connectivity index (χ1n) is 16.6. The van der Waals surface area contributed by atoms with Crippen molar-refractivity contribution in [1.29, 1.82) is 0 Å². The third kappa shape index (κ3) is 8.56. The molecule has 0 aliphatic carbocycles. The summed E-state index contributed by atoms with van der Waals surface area (Å²) in [7, 11) is -4.24. The van der Waals surface area contributed by atoms with Crippen molar-refractivity contribution in [2.24, 2.45) is 0 Å². The van der Waals surface area contributed by atoms with Crippen LogP contribution in [0.4, 0.5) is 4.79 Å². The first kappa shape index (κ1) is 36.0. The molecular formula is C36H55N3O5Si2. The number of hydrogen-bond donors (Lipinski definition) is 0. The molecule has 2 heterocycles. The minimum absolute atomic E-state index is 0.00751. The molecule has 0 saturated carbocycles. The number of carbonyl (C=O) groups is 2. The number of benzene rings is 2. The maximum Gasteiger partial charge on any atom is 0.410 e. The number of fused-ring (bicyclic) bond motifs is 1. The van der Waals surface area contributed by atoms with Gasteiger partial charge in [-0.2, -0.15) is 0 Å². The van der Waals surface area contributed by atoms with Gasteiger partial charge < -0.3 is 23.1 Å². The highest BCUT2D eigenvalue weighted by atomic mass is 28.4. The summed E-state index contributed by atoms with van der Waals surface area (Å²) in [5, 5.41) is 0.0464. The Morgan fingerprint density at radius 3 is 2.15 bits per heavy atom. The third-order valence-corrected chi connectivity index (χ3v) is 19.3. The second kappa shape index (κ2) is 14.1. The Kier molecular flexibility index (Phi) is 11.1. The van der Waals surface area contributed by atoms with Gasteiger partial charge in [-0.1, -0.05) is 84.0 Å². The number of hydrogen-bond acceptors (Lipinski definition) is 6. The molecule has 0 radical (unpaired) electrons. The van der Waals surface area contributed by atoms with Crippen molar-refractivity contribution >= 4 is 39.5 Å². The molecule has 1 fully saturated rings. The summed E-state index contributed by atoms with van der Waals surface area (Å²) in [4.78, 5) is 34.3. The Morgan fingerprint density at radius 1 is 0.870 bits per heavy atom. The molecule has 2 atom stereocenters. The van der Waals surface area contributed by atoms with Crippen molar-refractivity contribution in [3.05, 3.63) is 66.0 Å². The number of amides is 1. The fourth-order valence-corrected chi connectivity index (χ4v) is 7.64. The zero-order valence-corrected chi connectivity index (χ0v) is 31.7. The van der Waals surface area contributed by atoms with E-state index in [2.05, 4.69) is 67.7 Å². The molecule has 252 valence electrons. The molecule has 4 rings (SSSR count). The van der Waals surface area contributed by atoms with Gasteiger partial charge in [0.25, 0.3) is 0 Å². The van der Waals surface area contributed by atoms with E-state index in [-0.39, 0.29) is 41.5 Å². The van der Waals surface area contributed by atoms with Crippen LogP contribution in [0, 0.1) is 0 Å². The largest absolute Gasteiger partial charge is 0.445 e. The SMILES string of the molecule is CC(C)(C)[Si](C)(C)OCc1nc2ccccc2n1CC(=O)C[C@@H]1[C@@H](O[Si](C)(C)C(C)(C)C)CCCN1C(=O)OCc1ccccc1. The number of ether oxygens (including phenoxy) is 1. The standard InChI is InChI=1S/C36H55N3O5Si2/c1-35(2,3)45(7,8)43-26-33-37-29-19-14-15-20-30(29)39(33)24-28(40)23-31-32(44-46(9,10)36(4,5)6)21-16-22-38(31)34(41)42-25-27-17-12-11-13-18-27/h11-15,17-20,31-32H,16,21-26H2,1-10H3/t31-,32+/m1/s1. The number of likely N-dealkylation sites (tertiary alicyclic amines) is 1. The minimum Gasteiger partial charge on any atom is -0.445 e. The molecular weight excluding hydrogens is 611 g/mol. The number of piperidine rings is 1. The number of Topliss-reactive ketones (excluding diaryl/α,β-unsaturated/α-hetero) is 1. The van der Waals surface area contributed by atoms with Gasteiger partial charge in [0.05, 0.1) is 36.3 Å². The molecule has 1 saturated heterocycles. The Balaban J connectivity index is 1.59. The van der Waals surface area contributed by atoms with Gasteiger partial charge in [-0.05, 0) is 66.8 Å². The van der Waals surface area contributed by atoms with Gasteiger partial charge >= 0.3 is 6.09 Å². The lowest BCUT2D eigenvalue weighted by Gasteiger charge is -2.46. The van der Waals surface area contributed by atoms with E-state index in [0.717, 1.165) is 35.3 Å². The average Bonchev–Trinajstić information content (AvgIpc) is 3.32. The minimum atomic E-state index is -2.19. The van der Waals surface area contributed by atoms with Gasteiger partial charge in [-0.25, -0.2) is 9.78 Å². The smallest absolute Gasteiger partial charge is 0.410 e. The van der Waals surface area contributed by atoms with Gasteiger partial charge in [0.2, 0.25) is 0 Å². The maximum absolute atomic E-state index is 14.1. The molecule has 46 heavy (non-hydrogen) atoms. The molecule has 1 amide bonds. The van der Waals surface area contributed by atoms with Gasteiger partial charge in [-0.15, -0.1) is 0 Å². The second-order valence-corrected chi connectivity index (χ2v) is 25.3. The highest BCUT2D eigenvalue weighted by molar-refractivity contribution is 6.74. The van der Waals surface area contributed by atoms with Crippen LogP contribution in [0.2, 0.25) is 36.3 Å². The Hall–Kier alpha value is -2.80. The number of imidazole rings is 1. The van der Waals surface area contributed by atoms with Crippen LogP contribution in [0.1, 0.15) is 72.2 Å². The van der Waals surface area contributed by atoms with Crippen LogP contribution in [0.15, 0.2) is 54.6 Å². The molecule has 0 unspecified atom stereocenters. The van der Waals surface area contributed by atoms with E-state index >= 15 is 0 Å². The Bertz CT molecular complexity index is 1490. The van der Waals surface area contributed by atoms with Gasteiger partial charge in [0, 0.05) is 13.0 Å². The summed E-state index contributed by atoms with van der Waals surface area (Å²) < 4.78 is 21.3. The molecule has 0 bridgehead atoms. The van der Waals surface area contributed by atoms with Crippen molar-refractivity contribution in [3.63, 3.8) is 0 Å². The topological polar surface area (TPSA) is 82.9 Å². The summed E-state index contributed by atoms with van der Waals surface area (Å²) in [5.74, 6) is 0.768. The summed E-state index contributed by atoms with van der Waals surface area (Å²) in [6.45, 7) is 23.4. The predicted octanol–water partition coefficient (Wildman–Crippen LogP) is 8.71. The van der Waals surface area contributed by atoms with Crippen LogP contribution in [-0.4, -0.2) is 61.7 Å². The Morgan fingerprint density at radius 2 is 1.50 bits per heavy atom. The van der Waals surface area contributed by atoms with Crippen LogP contribution in [0.3, 0.4) is 0 Å². The zero-order valence-electron chi connectivity index (χ0n) is 29.7. The van der Waals surface area contributed by atoms with E-state index in [1.807, 2.05) is 59.2 Å². The third-order valence-electron chi connectivity index (χ3n) is 10.3. The highest BCUT2D eigenvalue weighted by Crippen LogP contribution is 2.40. The van der Waals surface area contributed by atoms with Crippen LogP contribution >= 0.6 is 0 Å². The van der Waals surface area contributed by atoms with Crippen molar-refractivity contribution in [3.8, 4) is 0 Å². The average molecular weight is 666 g/mol. The van der Waals surface area contributed by atoms with Crippen molar-refractivity contribution in [2.45, 2.75) is 129 Å². The molecule has 2 aromatic carbocycles. The van der Waals surface area contributed by atoms with E-state index in [4.69, 9.17) is 18.6 Å². The van der Waals surface area contributed by atoms with E-state index in [0.29, 0.717) is 13.2 Å². The number of rotatable bonds is 11. The second-order valence-electron chi connectivity index (χ2n) is 15.8. The number of carbonyl (C=O) groups excluding carboxylic acids is 2. The van der Waals surface area contributed by atoms with E-state index in [1.54, 1.807) is 4.90 Å². The van der Waals surface area contributed by atoms with Crippen LogP contribution < -0.4 is 0 Å². The summed E-state index contributed by atoms with van der Waals surface area (Å²) in [6, 6.07) is 17.2. The number of ketones is 1. The monoisotopic (exact) mass is 665 g/mol. The molecule has 10 heteroatoms. The number of aromatic nitrogens is 2. The van der Waals surface area contributed by atoms with Crippen LogP contribution in [-0.2, 0) is 38.1 Å². The highest BCUT2D eigenvalue weighted by Gasteiger charge is 2.45. The molecule has 0 spiro atoms. The van der Waals surface area contributed by atoms with Gasteiger partial charge in [0.15, 0.2) is 22.4 Å². The molecule has 1 aliphatic rings. The fraction of sp³-hybridized carbons (Fsp3) is 0.583. The molecule has 3 aromatic rings. The predicted molar refractivity (Wildman–Crippen MR) is 190 cm³/mol. The molecule has 0 N–H and O–H groups in total. The van der Waals surface area contributed by atoms with E-state index in [9.17, 15) is 9.59 Å². The van der Waals surface area contributed by atoms with E-state index < -0.39 is 28.8 Å². The molecule has 1 aromatic heterocycles. The van der Waals surface area contributed by atoms with Crippen molar-refractivity contribution < 1.29 is 23.2 Å². The maximum atomic E-state index is 14.1. The lowest BCUT2D eigenvalue weighted by molar-refractivity contribution is -0.122. The first-order valence-corrected chi connectivity index (χ1v) is 22.5. The van der Waals surface area contributed by atoms with Crippen LogP contribution in [0.5, 0.6) is 0 Å². The zero-order chi connectivity index (χ0) is 33.9. The lowest BCUT2D eigenvalue weighted by Crippen LogP contribution is -2.56. The fourth-order valence-electron chi connectivity index (χ4n) is 5.33. The summed E-state index contributed by atoms with van der Waals surface area (Å²) in [5.41, 5.74) is 2.67. The summed E-state index contributed by atoms with van der Waals surface area (Å²) in [6.07, 6.45) is 1.12. The van der Waals surface area contributed by atoms with Gasteiger partial charge in [0.1, 0.15) is 12.4 Å². The Labute approximate surface area is 278 Å². The van der Waals surface area contributed by atoms with Crippen LogP contribution in [0.25, 0.3) is 11.0 Å². The lowest BCUT2D eigenvalue weighted by atomic mass is 9.95. The van der Waals surface area contributed by atoms with Gasteiger partial charge in [-0.3, -0.25) is 4.79 Å². The van der Waals surface area contributed by atoms with E-state index in [1.165, 1.54) is 0 Å². The van der Waals surface area contributed by atoms with Crippen molar-refractivity contribution in [2.75, 3.05) is 6.54 Å².